The largest absolute Gasteiger partial charge is 0.423 e. The van der Waals surface area contributed by atoms with Gasteiger partial charge in [-0.05, 0) is 48.2 Å². The van der Waals surface area contributed by atoms with Crippen LogP contribution in [0.15, 0.2) is 47.1 Å². The molecule has 1 aromatic carbocycles. The van der Waals surface area contributed by atoms with Crippen LogP contribution in [-0.4, -0.2) is 22.0 Å². The van der Waals surface area contributed by atoms with Crippen LogP contribution in [0, 0.1) is 0 Å². The zero-order valence-electron chi connectivity index (χ0n) is 14.2. The summed E-state index contributed by atoms with van der Waals surface area (Å²) in [6.45, 7) is 0. The predicted octanol–water partition coefficient (Wildman–Crippen LogP) is 2.05. The summed E-state index contributed by atoms with van der Waals surface area (Å²) in [5.41, 5.74) is 13.7. The molecular formula is C19H16N4O4. The topological polar surface area (TPSA) is 134 Å². The van der Waals surface area contributed by atoms with E-state index in [-0.39, 0.29) is 29.0 Å². The standard InChI is InChI=1S/C19H16N4O4/c20-17(24)13-6-4-10-9-11(5-7-12(10)13)26-19(25)15-16(23-27-18(15)21)14-3-1-2-8-22-14/h1-3,5,7-9,13H,4,6,21H2,(H2,20,24). The fourth-order valence-corrected chi connectivity index (χ4v) is 3.29. The Morgan fingerprint density at radius 2 is 2.07 bits per heavy atom. The van der Waals surface area contributed by atoms with Gasteiger partial charge in [0.15, 0.2) is 5.56 Å². The van der Waals surface area contributed by atoms with Crippen LogP contribution in [0.3, 0.4) is 0 Å². The Balaban J connectivity index is 1.61. The molecule has 3 aromatic rings. The van der Waals surface area contributed by atoms with Crippen LogP contribution < -0.4 is 16.2 Å². The summed E-state index contributed by atoms with van der Waals surface area (Å²) >= 11 is 0. The van der Waals surface area contributed by atoms with Gasteiger partial charge in [-0.2, -0.15) is 0 Å². The zero-order chi connectivity index (χ0) is 19.0. The van der Waals surface area contributed by atoms with E-state index in [9.17, 15) is 9.59 Å². The van der Waals surface area contributed by atoms with Gasteiger partial charge >= 0.3 is 5.97 Å². The van der Waals surface area contributed by atoms with Crippen molar-refractivity contribution in [3.8, 4) is 17.1 Å². The first-order chi connectivity index (χ1) is 13.0. The van der Waals surface area contributed by atoms with E-state index in [1.54, 1.807) is 42.6 Å². The summed E-state index contributed by atoms with van der Waals surface area (Å²) in [4.78, 5) is 28.3. The highest BCUT2D eigenvalue weighted by atomic mass is 16.5. The van der Waals surface area contributed by atoms with E-state index in [1.807, 2.05) is 0 Å². The molecule has 8 nitrogen and oxygen atoms in total. The van der Waals surface area contributed by atoms with E-state index in [1.165, 1.54) is 0 Å². The fraction of sp³-hybridized carbons (Fsp3) is 0.158. The van der Waals surface area contributed by atoms with Gasteiger partial charge in [0.1, 0.15) is 11.4 Å². The SMILES string of the molecule is NC(=O)C1CCc2cc(OC(=O)c3c(-c4ccccn4)noc3N)ccc21. The van der Waals surface area contributed by atoms with E-state index in [4.69, 9.17) is 20.7 Å². The fourth-order valence-electron chi connectivity index (χ4n) is 3.29. The lowest BCUT2D eigenvalue weighted by Gasteiger charge is -2.09. The highest BCUT2D eigenvalue weighted by Crippen LogP contribution is 2.35. The number of hydrogen-bond acceptors (Lipinski definition) is 7. The summed E-state index contributed by atoms with van der Waals surface area (Å²) in [6.07, 6.45) is 2.93. The number of nitrogens with two attached hydrogens (primary N) is 2. The van der Waals surface area contributed by atoms with Crippen LogP contribution in [0.25, 0.3) is 11.4 Å². The summed E-state index contributed by atoms with van der Waals surface area (Å²) in [5.74, 6) is -1.14. The van der Waals surface area contributed by atoms with Gasteiger partial charge in [-0.1, -0.05) is 17.3 Å². The van der Waals surface area contributed by atoms with Gasteiger partial charge in [0.05, 0.1) is 11.6 Å². The van der Waals surface area contributed by atoms with Crippen molar-refractivity contribution in [2.75, 3.05) is 5.73 Å². The molecule has 0 saturated heterocycles. The second-order valence-corrected chi connectivity index (χ2v) is 6.23. The number of amides is 1. The molecule has 1 unspecified atom stereocenters. The molecule has 27 heavy (non-hydrogen) atoms. The number of anilines is 1. The quantitative estimate of drug-likeness (QED) is 0.534. The number of benzene rings is 1. The van der Waals surface area contributed by atoms with Gasteiger partial charge < -0.3 is 20.7 Å². The van der Waals surface area contributed by atoms with Crippen LogP contribution in [0.1, 0.15) is 33.8 Å². The third kappa shape index (κ3) is 3.01. The Labute approximate surface area is 154 Å². The minimum atomic E-state index is -0.696. The highest BCUT2D eigenvalue weighted by Gasteiger charge is 2.28. The number of aryl methyl sites for hydroxylation is 1. The molecule has 136 valence electrons. The second-order valence-electron chi connectivity index (χ2n) is 6.23. The number of nitrogen functional groups attached to an aromatic ring is 1. The monoisotopic (exact) mass is 364 g/mol. The molecule has 0 radical (unpaired) electrons. The van der Waals surface area contributed by atoms with E-state index in [0.717, 1.165) is 11.1 Å². The smallest absolute Gasteiger partial charge is 0.351 e. The lowest BCUT2D eigenvalue weighted by atomic mass is 10.0. The van der Waals surface area contributed by atoms with Crippen molar-refractivity contribution in [1.29, 1.82) is 0 Å². The number of fused-ring (bicyclic) bond motifs is 1. The minimum absolute atomic E-state index is 0.0178. The van der Waals surface area contributed by atoms with Crippen molar-refractivity contribution in [3.63, 3.8) is 0 Å². The van der Waals surface area contributed by atoms with Crippen molar-refractivity contribution in [2.24, 2.45) is 5.73 Å². The average molecular weight is 364 g/mol. The third-order valence-corrected chi connectivity index (χ3v) is 4.58. The molecule has 2 aromatic heterocycles. The maximum absolute atomic E-state index is 12.7. The van der Waals surface area contributed by atoms with Crippen LogP contribution >= 0.6 is 0 Å². The summed E-state index contributed by atoms with van der Waals surface area (Å²) in [5, 5.41) is 3.82. The van der Waals surface area contributed by atoms with Gasteiger partial charge in [-0.3, -0.25) is 9.78 Å². The molecule has 0 fully saturated rings. The van der Waals surface area contributed by atoms with E-state index in [2.05, 4.69) is 10.1 Å². The third-order valence-electron chi connectivity index (χ3n) is 4.58. The van der Waals surface area contributed by atoms with Crippen LogP contribution in [0.2, 0.25) is 0 Å². The maximum atomic E-state index is 12.7. The molecule has 1 amide bonds. The number of nitrogens with zero attached hydrogens (tertiary/aromatic N) is 2. The lowest BCUT2D eigenvalue weighted by molar-refractivity contribution is -0.119. The number of carbonyl (C=O) groups is 2. The Hall–Kier alpha value is -3.68. The van der Waals surface area contributed by atoms with Crippen molar-refractivity contribution in [3.05, 3.63) is 59.3 Å². The number of aromatic nitrogens is 2. The first kappa shape index (κ1) is 16.8. The summed E-state index contributed by atoms with van der Waals surface area (Å²) in [7, 11) is 0. The van der Waals surface area contributed by atoms with Gasteiger partial charge in [-0.15, -0.1) is 0 Å². The molecule has 8 heteroatoms. The lowest BCUT2D eigenvalue weighted by Crippen LogP contribution is -2.19. The molecule has 4 N–H and O–H groups in total. The highest BCUT2D eigenvalue weighted by molar-refractivity contribution is 6.00. The van der Waals surface area contributed by atoms with Crippen LogP contribution in [0.4, 0.5) is 5.88 Å². The van der Waals surface area contributed by atoms with Crippen LogP contribution in [-0.2, 0) is 11.2 Å². The molecule has 1 atom stereocenters. The minimum Gasteiger partial charge on any atom is -0.423 e. The number of hydrogen-bond donors (Lipinski definition) is 2. The first-order valence-electron chi connectivity index (χ1n) is 8.35. The predicted molar refractivity (Wildman–Crippen MR) is 95.8 cm³/mol. The van der Waals surface area contributed by atoms with Gasteiger partial charge in [-0.25, -0.2) is 4.79 Å². The van der Waals surface area contributed by atoms with Gasteiger partial charge in [0, 0.05) is 6.20 Å². The molecule has 0 aliphatic heterocycles. The van der Waals surface area contributed by atoms with E-state index >= 15 is 0 Å². The number of carbonyl (C=O) groups excluding carboxylic acids is 2. The van der Waals surface area contributed by atoms with Crippen LogP contribution in [0.5, 0.6) is 5.75 Å². The van der Waals surface area contributed by atoms with E-state index < -0.39 is 5.97 Å². The molecule has 1 aliphatic rings. The summed E-state index contributed by atoms with van der Waals surface area (Å²) in [6, 6.07) is 10.3. The van der Waals surface area contributed by atoms with Crippen molar-refractivity contribution in [1.82, 2.24) is 10.1 Å². The number of pyridine rings is 1. The van der Waals surface area contributed by atoms with Crippen molar-refractivity contribution < 1.29 is 18.8 Å². The van der Waals surface area contributed by atoms with Gasteiger partial charge in [0.2, 0.25) is 11.8 Å². The average Bonchev–Trinajstić information content (AvgIpc) is 3.25. The molecule has 2 heterocycles. The first-order valence-corrected chi connectivity index (χ1v) is 8.35. The number of primary amides is 1. The molecule has 4 rings (SSSR count). The zero-order valence-corrected chi connectivity index (χ0v) is 14.2. The normalized spacial score (nSPS) is 15.3. The molecule has 1 aliphatic carbocycles. The molecule has 0 spiro atoms. The Morgan fingerprint density at radius 3 is 2.81 bits per heavy atom. The Bertz CT molecular complexity index is 1030. The van der Waals surface area contributed by atoms with Gasteiger partial charge in [0.25, 0.3) is 0 Å². The van der Waals surface area contributed by atoms with Crippen molar-refractivity contribution in [2.45, 2.75) is 18.8 Å². The molecule has 0 saturated carbocycles. The Morgan fingerprint density at radius 1 is 1.22 bits per heavy atom. The van der Waals surface area contributed by atoms with Crippen molar-refractivity contribution >= 4 is 17.8 Å². The Kier molecular flexibility index (Phi) is 4.08. The number of ether oxygens (including phenoxy) is 1. The summed E-state index contributed by atoms with van der Waals surface area (Å²) < 4.78 is 10.4. The second kappa shape index (κ2) is 6.56. The number of rotatable bonds is 4. The molecule has 0 bridgehead atoms. The number of esters is 1. The maximum Gasteiger partial charge on any atom is 0.351 e. The van der Waals surface area contributed by atoms with E-state index in [0.29, 0.717) is 24.3 Å². The molecular weight excluding hydrogens is 348 g/mol.